The highest BCUT2D eigenvalue weighted by Gasteiger charge is 2.38. The van der Waals surface area contributed by atoms with Crippen LogP contribution < -0.4 is 0 Å². The largest absolute Gasteiger partial charge is 0.465 e. The molecule has 0 aromatic rings. The highest BCUT2D eigenvalue weighted by atomic mass is 16.7. The molecule has 344 valence electrons. The van der Waals surface area contributed by atoms with E-state index in [0.29, 0.717) is 26.1 Å². The minimum Gasteiger partial charge on any atom is -0.465 e. The number of rotatable bonds is 40. The molecule has 0 radical (unpaired) electrons. The van der Waals surface area contributed by atoms with Gasteiger partial charge in [0.25, 0.3) is 0 Å². The van der Waals surface area contributed by atoms with Crippen molar-refractivity contribution in [3.05, 3.63) is 24.3 Å². The van der Waals surface area contributed by atoms with Crippen LogP contribution in [0.15, 0.2) is 24.3 Å². The molecule has 1 aliphatic rings. The molecule has 0 bridgehead atoms. The van der Waals surface area contributed by atoms with Gasteiger partial charge in [-0.1, -0.05) is 141 Å². The van der Waals surface area contributed by atoms with Crippen LogP contribution in [0.25, 0.3) is 0 Å². The average Bonchev–Trinajstić information content (AvgIpc) is 3.23. The Morgan fingerprint density at radius 3 is 1.56 bits per heavy atom. The molecular formula is C50H91NO8. The van der Waals surface area contributed by atoms with Gasteiger partial charge >= 0.3 is 17.9 Å². The van der Waals surface area contributed by atoms with Gasteiger partial charge in [0.15, 0.2) is 6.29 Å². The zero-order chi connectivity index (χ0) is 43.1. The Bertz CT molecular complexity index is 1050. The second kappa shape index (κ2) is 38.7. The van der Waals surface area contributed by atoms with Crippen LogP contribution in [0.5, 0.6) is 0 Å². The molecule has 0 amide bonds. The molecule has 1 aliphatic heterocycles. The molecule has 0 aromatic carbocycles. The van der Waals surface area contributed by atoms with Crippen molar-refractivity contribution in [1.82, 2.24) is 4.90 Å². The van der Waals surface area contributed by atoms with E-state index in [1.807, 2.05) is 6.92 Å². The molecule has 1 heterocycles. The smallest absolute Gasteiger partial charge is 0.311 e. The number of allylic oxidation sites excluding steroid dienone is 4. The van der Waals surface area contributed by atoms with E-state index < -0.39 is 17.6 Å². The Hall–Kier alpha value is -2.23. The van der Waals surface area contributed by atoms with Gasteiger partial charge in [0.05, 0.1) is 17.8 Å². The van der Waals surface area contributed by atoms with E-state index in [9.17, 15) is 14.4 Å². The van der Waals surface area contributed by atoms with Crippen LogP contribution in [-0.2, 0) is 38.1 Å². The number of unbranched alkanes of at least 4 members (excludes halogenated alkanes) is 18. The van der Waals surface area contributed by atoms with Crippen molar-refractivity contribution in [1.29, 1.82) is 0 Å². The molecule has 1 rings (SSSR count). The summed E-state index contributed by atoms with van der Waals surface area (Å²) in [6.07, 6.45) is 37.5. The van der Waals surface area contributed by atoms with E-state index in [-0.39, 0.29) is 44.1 Å². The molecule has 9 heteroatoms. The fourth-order valence-electron chi connectivity index (χ4n) is 7.12. The lowest BCUT2D eigenvalue weighted by Crippen LogP contribution is -2.42. The number of hydrogen-bond acceptors (Lipinski definition) is 9. The van der Waals surface area contributed by atoms with Crippen molar-refractivity contribution in [2.45, 2.75) is 214 Å². The molecule has 0 saturated carbocycles. The van der Waals surface area contributed by atoms with Gasteiger partial charge in [-0.05, 0) is 91.3 Å². The van der Waals surface area contributed by atoms with Crippen LogP contribution >= 0.6 is 0 Å². The number of esters is 3. The quantitative estimate of drug-likeness (QED) is 0.0196. The van der Waals surface area contributed by atoms with Crippen LogP contribution in [-0.4, -0.2) is 82.3 Å². The number of hydrogen-bond donors (Lipinski definition) is 0. The topological polar surface area (TPSA) is 101 Å². The first-order valence-corrected chi connectivity index (χ1v) is 24.4. The van der Waals surface area contributed by atoms with Gasteiger partial charge in [0.1, 0.15) is 19.8 Å². The van der Waals surface area contributed by atoms with Gasteiger partial charge in [-0.2, -0.15) is 0 Å². The van der Waals surface area contributed by atoms with E-state index in [4.69, 9.17) is 23.7 Å². The highest BCUT2D eigenvalue weighted by Crippen LogP contribution is 2.32. The Balaban J connectivity index is 2.55. The summed E-state index contributed by atoms with van der Waals surface area (Å²) < 4.78 is 29.4. The minimum atomic E-state index is -0.550. The third kappa shape index (κ3) is 32.2. The fourth-order valence-corrected chi connectivity index (χ4v) is 7.12. The maximum absolute atomic E-state index is 13.2. The van der Waals surface area contributed by atoms with Crippen LogP contribution in [0.3, 0.4) is 0 Å². The average molecular weight is 834 g/mol. The van der Waals surface area contributed by atoms with E-state index in [2.05, 4.69) is 57.0 Å². The summed E-state index contributed by atoms with van der Waals surface area (Å²) in [5, 5.41) is 0. The van der Waals surface area contributed by atoms with Crippen molar-refractivity contribution < 1.29 is 38.1 Å². The predicted molar refractivity (Wildman–Crippen MR) is 242 cm³/mol. The summed E-state index contributed by atoms with van der Waals surface area (Å²) in [5.74, 6) is -1.33. The highest BCUT2D eigenvalue weighted by molar-refractivity contribution is 5.76. The van der Waals surface area contributed by atoms with Crippen LogP contribution in [0.4, 0.5) is 0 Å². The van der Waals surface area contributed by atoms with Gasteiger partial charge < -0.3 is 28.6 Å². The third-order valence-electron chi connectivity index (χ3n) is 11.5. The molecule has 1 unspecified atom stereocenters. The molecule has 9 nitrogen and oxygen atoms in total. The minimum absolute atomic E-state index is 0.00440. The first-order chi connectivity index (χ1) is 28.7. The van der Waals surface area contributed by atoms with Gasteiger partial charge in [-0.25, -0.2) is 0 Å². The number of piperidine rings is 1. The second-order valence-electron chi connectivity index (χ2n) is 17.4. The Labute approximate surface area is 362 Å². The molecule has 0 aliphatic carbocycles. The lowest BCUT2D eigenvalue weighted by Gasteiger charge is -2.36. The van der Waals surface area contributed by atoms with E-state index in [1.54, 1.807) is 0 Å². The number of carbonyl (C=O) groups excluding carboxylic acids is 3. The maximum atomic E-state index is 13.2. The summed E-state index contributed by atoms with van der Waals surface area (Å²) in [4.78, 5) is 41.2. The normalized spacial score (nSPS) is 15.0. The standard InChI is InChI=1S/C50H91NO8/c1-6-9-12-15-18-19-20-21-22-23-24-25-26-27-30-33-46(52)57-42-45(44-59-49(54)50(4)36-38-51(5)39-37-50)43-58-47(53)34-35-48(55-40-31-28-16-13-10-7-2)56-41-32-29-17-14-11-8-3/h18-19,21-22,45,48H,6-17,20,23-44H2,1-5H3. The zero-order valence-electron chi connectivity index (χ0n) is 38.9. The zero-order valence-corrected chi connectivity index (χ0v) is 38.9. The fraction of sp³-hybridized carbons (Fsp3) is 0.860. The summed E-state index contributed by atoms with van der Waals surface area (Å²) in [5.41, 5.74) is -0.550. The summed E-state index contributed by atoms with van der Waals surface area (Å²) in [6, 6.07) is 0. The molecule has 0 N–H and O–H groups in total. The van der Waals surface area contributed by atoms with Gasteiger partial charge in [0, 0.05) is 26.1 Å². The van der Waals surface area contributed by atoms with Gasteiger partial charge in [-0.15, -0.1) is 0 Å². The monoisotopic (exact) mass is 834 g/mol. The van der Waals surface area contributed by atoms with E-state index in [1.165, 1.54) is 77.0 Å². The van der Waals surface area contributed by atoms with Crippen molar-refractivity contribution in [3.8, 4) is 0 Å². The number of nitrogens with zero attached hydrogens (tertiary/aromatic N) is 1. The number of likely N-dealkylation sites (tertiary alicyclic amines) is 1. The van der Waals surface area contributed by atoms with E-state index >= 15 is 0 Å². The molecular weight excluding hydrogens is 743 g/mol. The Morgan fingerprint density at radius 1 is 0.559 bits per heavy atom. The van der Waals surface area contributed by atoms with E-state index in [0.717, 1.165) is 96.6 Å². The lowest BCUT2D eigenvalue weighted by atomic mass is 9.80. The van der Waals surface area contributed by atoms with Gasteiger partial charge in [-0.3, -0.25) is 14.4 Å². The molecule has 1 fully saturated rings. The van der Waals surface area contributed by atoms with Crippen LogP contribution in [0, 0.1) is 11.3 Å². The Kier molecular flexibility index (Phi) is 35.9. The Morgan fingerprint density at radius 2 is 1.00 bits per heavy atom. The van der Waals surface area contributed by atoms with Crippen molar-refractivity contribution in [3.63, 3.8) is 0 Å². The molecule has 0 spiro atoms. The number of ether oxygens (including phenoxy) is 5. The summed E-state index contributed by atoms with van der Waals surface area (Å²) in [7, 11) is 2.06. The first-order valence-electron chi connectivity index (χ1n) is 24.4. The first kappa shape index (κ1) is 54.8. The predicted octanol–water partition coefficient (Wildman–Crippen LogP) is 12.6. The molecule has 1 atom stereocenters. The third-order valence-corrected chi connectivity index (χ3v) is 11.5. The van der Waals surface area contributed by atoms with Crippen LogP contribution in [0.2, 0.25) is 0 Å². The second-order valence-corrected chi connectivity index (χ2v) is 17.4. The molecule has 0 aromatic heterocycles. The summed E-state index contributed by atoms with van der Waals surface area (Å²) in [6.45, 7) is 11.6. The van der Waals surface area contributed by atoms with Crippen LogP contribution in [0.1, 0.15) is 207 Å². The molecule has 59 heavy (non-hydrogen) atoms. The maximum Gasteiger partial charge on any atom is 0.311 e. The van der Waals surface area contributed by atoms with Crippen molar-refractivity contribution in [2.75, 3.05) is 53.2 Å². The van der Waals surface area contributed by atoms with Gasteiger partial charge in [0.2, 0.25) is 0 Å². The SMILES string of the molecule is CCCCCC=CCC=CCCCCCCCC(=O)OCC(COC(=O)CCC(OCCCCCCCC)OCCCCCCCC)COC(=O)C1(C)CCN(C)CC1. The van der Waals surface area contributed by atoms with Crippen molar-refractivity contribution in [2.24, 2.45) is 11.3 Å². The van der Waals surface area contributed by atoms with Crippen molar-refractivity contribution >= 4 is 17.9 Å². The molecule has 1 saturated heterocycles. The number of carbonyl (C=O) groups is 3. The summed E-state index contributed by atoms with van der Waals surface area (Å²) >= 11 is 0. The lowest BCUT2D eigenvalue weighted by molar-refractivity contribution is -0.165.